The summed E-state index contributed by atoms with van der Waals surface area (Å²) >= 11 is 0. The third kappa shape index (κ3) is 1.45. The molecule has 1 atom stereocenters. The first kappa shape index (κ1) is 8.02. The van der Waals surface area contributed by atoms with Crippen molar-refractivity contribution in [3.05, 3.63) is 23.3 Å². The second-order valence-corrected chi connectivity index (χ2v) is 3.84. The van der Waals surface area contributed by atoms with E-state index in [9.17, 15) is 0 Å². The number of rotatable bonds is 0. The van der Waals surface area contributed by atoms with Crippen LogP contribution in [0.25, 0.3) is 0 Å². The van der Waals surface area contributed by atoms with Crippen molar-refractivity contribution in [3.63, 3.8) is 0 Å². The van der Waals surface area contributed by atoms with Crippen molar-refractivity contribution < 1.29 is 0 Å². The van der Waals surface area contributed by atoms with Crippen LogP contribution in [0.3, 0.4) is 0 Å². The van der Waals surface area contributed by atoms with E-state index in [0.29, 0.717) is 0 Å². The van der Waals surface area contributed by atoms with Crippen molar-refractivity contribution in [3.8, 4) is 0 Å². The van der Waals surface area contributed by atoms with Crippen LogP contribution in [0.4, 0.5) is 0 Å². The normalized spacial score (nSPS) is 30.7. The van der Waals surface area contributed by atoms with Gasteiger partial charge in [0.1, 0.15) is 0 Å². The molecule has 2 heteroatoms. The molecular formula is C10H16N2. The molecule has 2 aliphatic rings. The minimum Gasteiger partial charge on any atom is -0.324 e. The van der Waals surface area contributed by atoms with Gasteiger partial charge in [0.15, 0.2) is 0 Å². The maximum atomic E-state index is 5.84. The first-order valence-corrected chi connectivity index (χ1v) is 4.59. The fraction of sp³-hybridized carbons (Fsp3) is 0.600. The van der Waals surface area contributed by atoms with Crippen molar-refractivity contribution in [1.82, 2.24) is 4.90 Å². The van der Waals surface area contributed by atoms with Crippen LogP contribution in [0.5, 0.6) is 0 Å². The second-order valence-electron chi connectivity index (χ2n) is 3.84. The Morgan fingerprint density at radius 3 is 3.25 bits per heavy atom. The fourth-order valence-corrected chi connectivity index (χ4v) is 1.96. The topological polar surface area (TPSA) is 29.3 Å². The van der Waals surface area contributed by atoms with E-state index in [2.05, 4.69) is 24.1 Å². The molecule has 0 radical (unpaired) electrons. The number of likely N-dealkylation sites (N-methyl/N-ethyl adjacent to an activating group) is 1. The number of nitrogens with zero attached hydrogens (tertiary/aromatic N) is 1. The van der Waals surface area contributed by atoms with Gasteiger partial charge in [0.25, 0.3) is 0 Å². The molecule has 1 aliphatic heterocycles. The Bertz CT molecular complexity index is 240. The van der Waals surface area contributed by atoms with Crippen molar-refractivity contribution in [2.45, 2.75) is 18.9 Å². The van der Waals surface area contributed by atoms with Crippen LogP contribution >= 0.6 is 0 Å². The molecule has 0 saturated heterocycles. The predicted octanol–water partition coefficient (Wildman–Crippen LogP) is 0.906. The maximum absolute atomic E-state index is 5.84. The minimum absolute atomic E-state index is 0.271. The Hall–Kier alpha value is -0.600. The molecule has 2 rings (SSSR count). The lowest BCUT2D eigenvalue weighted by Crippen LogP contribution is -2.31. The lowest BCUT2D eigenvalue weighted by molar-refractivity contribution is 0.346. The van der Waals surface area contributed by atoms with Crippen LogP contribution in [0.15, 0.2) is 23.3 Å². The fourth-order valence-electron chi connectivity index (χ4n) is 1.96. The Labute approximate surface area is 73.7 Å². The zero-order valence-electron chi connectivity index (χ0n) is 7.59. The molecule has 1 heterocycles. The van der Waals surface area contributed by atoms with Gasteiger partial charge in [-0.25, -0.2) is 0 Å². The van der Waals surface area contributed by atoms with Crippen molar-refractivity contribution in [1.29, 1.82) is 0 Å². The molecule has 0 saturated carbocycles. The summed E-state index contributed by atoms with van der Waals surface area (Å²) in [4.78, 5) is 2.36. The lowest BCUT2D eigenvalue weighted by atomic mass is 9.90. The molecule has 0 aromatic rings. The van der Waals surface area contributed by atoms with Gasteiger partial charge < -0.3 is 10.6 Å². The van der Waals surface area contributed by atoms with Gasteiger partial charge in [0.05, 0.1) is 0 Å². The zero-order valence-corrected chi connectivity index (χ0v) is 7.59. The molecule has 0 amide bonds. The van der Waals surface area contributed by atoms with E-state index >= 15 is 0 Å². The number of hydrogen-bond donors (Lipinski definition) is 1. The van der Waals surface area contributed by atoms with Crippen LogP contribution in [0.2, 0.25) is 0 Å². The molecule has 2 N–H and O–H groups in total. The van der Waals surface area contributed by atoms with E-state index in [1.165, 1.54) is 18.5 Å². The molecular weight excluding hydrogens is 148 g/mol. The predicted molar refractivity (Wildman–Crippen MR) is 50.9 cm³/mol. The zero-order chi connectivity index (χ0) is 8.55. The Morgan fingerprint density at radius 2 is 2.42 bits per heavy atom. The van der Waals surface area contributed by atoms with E-state index < -0.39 is 0 Å². The average Bonchev–Trinajstić information content (AvgIpc) is 2.05. The van der Waals surface area contributed by atoms with Gasteiger partial charge in [0, 0.05) is 19.1 Å². The highest BCUT2D eigenvalue weighted by Crippen LogP contribution is 2.25. The minimum atomic E-state index is 0.271. The molecule has 0 aromatic carbocycles. The molecule has 0 bridgehead atoms. The van der Waals surface area contributed by atoms with Gasteiger partial charge in [0.2, 0.25) is 0 Å². The number of hydrogen-bond acceptors (Lipinski definition) is 2. The van der Waals surface area contributed by atoms with Gasteiger partial charge >= 0.3 is 0 Å². The quantitative estimate of drug-likeness (QED) is 0.576. The Balaban J connectivity index is 2.17. The van der Waals surface area contributed by atoms with Crippen molar-refractivity contribution in [2.24, 2.45) is 5.73 Å². The Morgan fingerprint density at radius 1 is 1.58 bits per heavy atom. The first-order valence-electron chi connectivity index (χ1n) is 4.59. The second kappa shape index (κ2) is 3.04. The molecule has 0 aromatic heterocycles. The summed E-state index contributed by atoms with van der Waals surface area (Å²) in [5, 5.41) is 0. The highest BCUT2D eigenvalue weighted by Gasteiger charge is 2.18. The van der Waals surface area contributed by atoms with Gasteiger partial charge in [-0.1, -0.05) is 17.7 Å². The average molecular weight is 164 g/mol. The van der Waals surface area contributed by atoms with E-state index in [0.717, 1.165) is 13.0 Å². The molecule has 0 spiro atoms. The van der Waals surface area contributed by atoms with Crippen LogP contribution in [0, 0.1) is 0 Å². The van der Waals surface area contributed by atoms with Crippen LogP contribution in [-0.2, 0) is 0 Å². The standard InChI is InChI=1S/C10H16N2/c1-12-5-4-8-6-10(11)3-2-9(8)7-12/h2-3,10H,4-7,11H2,1H3. The van der Waals surface area contributed by atoms with Crippen LogP contribution in [-0.4, -0.2) is 31.1 Å². The first-order chi connectivity index (χ1) is 5.75. The van der Waals surface area contributed by atoms with Gasteiger partial charge in [-0.15, -0.1) is 0 Å². The molecule has 66 valence electrons. The molecule has 12 heavy (non-hydrogen) atoms. The summed E-state index contributed by atoms with van der Waals surface area (Å²) in [5.74, 6) is 0. The number of nitrogens with two attached hydrogens (primary N) is 1. The van der Waals surface area contributed by atoms with Crippen molar-refractivity contribution >= 4 is 0 Å². The lowest BCUT2D eigenvalue weighted by Gasteiger charge is -2.29. The Kier molecular flexibility index (Phi) is 2.03. The molecule has 0 fully saturated rings. The maximum Gasteiger partial charge on any atom is 0.0264 e. The summed E-state index contributed by atoms with van der Waals surface area (Å²) in [6.45, 7) is 2.30. The summed E-state index contributed by atoms with van der Waals surface area (Å²) in [7, 11) is 2.17. The molecule has 1 aliphatic carbocycles. The van der Waals surface area contributed by atoms with Crippen molar-refractivity contribution in [2.75, 3.05) is 20.1 Å². The summed E-state index contributed by atoms with van der Waals surface area (Å²) in [6.07, 6.45) is 6.63. The van der Waals surface area contributed by atoms with E-state index in [4.69, 9.17) is 5.73 Å². The van der Waals surface area contributed by atoms with Gasteiger partial charge in [-0.3, -0.25) is 0 Å². The smallest absolute Gasteiger partial charge is 0.0264 e. The summed E-state index contributed by atoms with van der Waals surface area (Å²) in [6, 6.07) is 0.271. The SMILES string of the molecule is CN1CCC2=C(C=CC(N)C2)C1. The van der Waals surface area contributed by atoms with Crippen LogP contribution in [0.1, 0.15) is 12.8 Å². The monoisotopic (exact) mass is 164 g/mol. The van der Waals surface area contributed by atoms with E-state index in [1.807, 2.05) is 0 Å². The largest absolute Gasteiger partial charge is 0.324 e. The molecule has 1 unspecified atom stereocenters. The third-order valence-corrected chi connectivity index (χ3v) is 2.72. The highest BCUT2D eigenvalue weighted by molar-refractivity contribution is 5.34. The third-order valence-electron chi connectivity index (χ3n) is 2.72. The van der Waals surface area contributed by atoms with Gasteiger partial charge in [-0.2, -0.15) is 0 Å². The van der Waals surface area contributed by atoms with Crippen LogP contribution < -0.4 is 5.73 Å². The molecule has 2 nitrogen and oxygen atoms in total. The van der Waals surface area contributed by atoms with E-state index in [1.54, 1.807) is 5.57 Å². The highest BCUT2D eigenvalue weighted by atomic mass is 15.1. The van der Waals surface area contributed by atoms with Gasteiger partial charge in [-0.05, 0) is 25.5 Å². The summed E-state index contributed by atoms with van der Waals surface area (Å²) < 4.78 is 0. The summed E-state index contributed by atoms with van der Waals surface area (Å²) in [5.41, 5.74) is 8.93. The van der Waals surface area contributed by atoms with E-state index in [-0.39, 0.29) is 6.04 Å².